The number of carbonyl (C=O) groups is 1. The maximum absolute atomic E-state index is 13.4. The maximum atomic E-state index is 13.4. The lowest BCUT2D eigenvalue weighted by molar-refractivity contribution is -0.386. The second-order valence-corrected chi connectivity index (χ2v) is 7.17. The highest BCUT2D eigenvalue weighted by Crippen LogP contribution is 2.27. The number of hydrogen-bond acceptors (Lipinski definition) is 7. The SMILES string of the molecule is O=C(Nc1ncn(Cc2cccc(Cl)c2)n1)c1ccn(COc2cc(F)ccc2[N+](=O)[O-])n1. The van der Waals surface area contributed by atoms with Crippen molar-refractivity contribution in [1.82, 2.24) is 24.5 Å². The number of halogens is 2. The van der Waals surface area contributed by atoms with Crippen LogP contribution < -0.4 is 10.1 Å². The summed E-state index contributed by atoms with van der Waals surface area (Å²) >= 11 is 5.97. The zero-order valence-electron chi connectivity index (χ0n) is 16.8. The van der Waals surface area contributed by atoms with Crippen molar-refractivity contribution in [3.63, 3.8) is 0 Å². The van der Waals surface area contributed by atoms with E-state index in [-0.39, 0.29) is 29.8 Å². The van der Waals surface area contributed by atoms with Crippen LogP contribution in [-0.4, -0.2) is 35.4 Å². The third-order valence-corrected chi connectivity index (χ3v) is 4.57. The van der Waals surface area contributed by atoms with Crippen LogP contribution in [0.3, 0.4) is 0 Å². The van der Waals surface area contributed by atoms with E-state index in [0.717, 1.165) is 23.8 Å². The fourth-order valence-corrected chi connectivity index (χ4v) is 3.07. The van der Waals surface area contributed by atoms with Crippen LogP contribution in [0.2, 0.25) is 5.02 Å². The average Bonchev–Trinajstić information content (AvgIpc) is 3.42. The van der Waals surface area contributed by atoms with E-state index in [4.69, 9.17) is 16.3 Å². The number of hydrogen-bond donors (Lipinski definition) is 1. The molecule has 2 aromatic carbocycles. The number of nitro benzene ring substituents is 1. The summed E-state index contributed by atoms with van der Waals surface area (Å²) < 4.78 is 21.5. The van der Waals surface area contributed by atoms with E-state index in [1.54, 1.807) is 16.8 Å². The van der Waals surface area contributed by atoms with Crippen molar-refractivity contribution in [3.05, 3.63) is 93.3 Å². The van der Waals surface area contributed by atoms with Gasteiger partial charge in [-0.05, 0) is 29.8 Å². The number of nitro groups is 1. The molecule has 0 aliphatic heterocycles. The normalized spacial score (nSPS) is 10.7. The van der Waals surface area contributed by atoms with Gasteiger partial charge in [0.1, 0.15) is 12.1 Å². The molecule has 0 unspecified atom stereocenters. The van der Waals surface area contributed by atoms with Crippen LogP contribution in [0.1, 0.15) is 16.1 Å². The molecule has 1 amide bonds. The zero-order chi connectivity index (χ0) is 23.4. The summed E-state index contributed by atoms with van der Waals surface area (Å²) in [6.07, 6.45) is 2.90. The molecule has 2 heterocycles. The number of nitrogens with one attached hydrogen (secondary N) is 1. The number of carbonyl (C=O) groups excluding carboxylic acids is 1. The minimum Gasteiger partial charge on any atom is -0.464 e. The molecule has 11 nitrogen and oxygen atoms in total. The van der Waals surface area contributed by atoms with Crippen molar-refractivity contribution in [2.75, 3.05) is 5.32 Å². The van der Waals surface area contributed by atoms with Crippen LogP contribution >= 0.6 is 11.6 Å². The monoisotopic (exact) mass is 471 g/mol. The quantitative estimate of drug-likeness (QED) is 0.307. The molecule has 168 valence electrons. The zero-order valence-corrected chi connectivity index (χ0v) is 17.5. The fourth-order valence-electron chi connectivity index (χ4n) is 2.86. The van der Waals surface area contributed by atoms with Crippen LogP contribution in [0.15, 0.2) is 61.1 Å². The van der Waals surface area contributed by atoms with E-state index in [0.29, 0.717) is 11.6 Å². The van der Waals surface area contributed by atoms with E-state index in [1.807, 2.05) is 12.1 Å². The van der Waals surface area contributed by atoms with Gasteiger partial charge >= 0.3 is 5.69 Å². The van der Waals surface area contributed by atoms with Crippen molar-refractivity contribution in [1.29, 1.82) is 0 Å². The highest BCUT2D eigenvalue weighted by Gasteiger charge is 2.17. The summed E-state index contributed by atoms with van der Waals surface area (Å²) in [7, 11) is 0. The molecule has 2 aromatic heterocycles. The van der Waals surface area contributed by atoms with Crippen molar-refractivity contribution >= 4 is 29.1 Å². The molecule has 0 saturated carbocycles. The van der Waals surface area contributed by atoms with Gasteiger partial charge in [-0.2, -0.15) is 5.10 Å². The highest BCUT2D eigenvalue weighted by atomic mass is 35.5. The third kappa shape index (κ3) is 5.49. The third-order valence-electron chi connectivity index (χ3n) is 4.34. The minimum atomic E-state index is -0.685. The van der Waals surface area contributed by atoms with Crippen molar-refractivity contribution in [3.8, 4) is 5.75 Å². The molecule has 33 heavy (non-hydrogen) atoms. The molecular formula is C20H15ClFN7O4. The van der Waals surface area contributed by atoms with Crippen molar-refractivity contribution in [2.24, 2.45) is 0 Å². The molecule has 1 N–H and O–H groups in total. The molecule has 0 spiro atoms. The largest absolute Gasteiger partial charge is 0.464 e. The number of benzene rings is 2. The molecule has 0 bridgehead atoms. The van der Waals surface area contributed by atoms with Crippen molar-refractivity contribution < 1.29 is 18.8 Å². The van der Waals surface area contributed by atoms with Gasteiger partial charge in [-0.3, -0.25) is 20.2 Å². The van der Waals surface area contributed by atoms with Crippen LogP contribution in [-0.2, 0) is 13.3 Å². The molecule has 0 aliphatic carbocycles. The molecular weight excluding hydrogens is 457 g/mol. The molecule has 4 rings (SSSR count). The number of anilines is 1. The van der Waals surface area contributed by atoms with Gasteiger partial charge in [0.15, 0.2) is 12.4 Å². The second kappa shape index (κ2) is 9.44. The van der Waals surface area contributed by atoms with Gasteiger partial charge in [0.2, 0.25) is 11.7 Å². The summed E-state index contributed by atoms with van der Waals surface area (Å²) in [5.41, 5.74) is 0.571. The molecule has 0 atom stereocenters. The van der Waals surface area contributed by atoms with Gasteiger partial charge in [-0.15, -0.1) is 5.10 Å². The van der Waals surface area contributed by atoms with Crippen molar-refractivity contribution in [2.45, 2.75) is 13.3 Å². The lowest BCUT2D eigenvalue weighted by Crippen LogP contribution is -2.15. The molecule has 4 aromatic rings. The summed E-state index contributed by atoms with van der Waals surface area (Å²) in [4.78, 5) is 26.8. The second-order valence-electron chi connectivity index (χ2n) is 6.73. The summed E-state index contributed by atoms with van der Waals surface area (Å²) in [5.74, 6) is -1.41. The molecule has 0 fully saturated rings. The van der Waals surface area contributed by atoms with E-state index >= 15 is 0 Å². The summed E-state index contributed by atoms with van der Waals surface area (Å²) in [5, 5.41) is 22.4. The Kier molecular flexibility index (Phi) is 6.26. The Balaban J connectivity index is 1.36. The fraction of sp³-hybridized carbons (Fsp3) is 0.100. The van der Waals surface area contributed by atoms with E-state index < -0.39 is 16.6 Å². The smallest absolute Gasteiger partial charge is 0.311 e. The first-order valence-corrected chi connectivity index (χ1v) is 9.80. The molecule has 0 saturated heterocycles. The summed E-state index contributed by atoms with van der Waals surface area (Å²) in [6, 6.07) is 11.6. The average molecular weight is 472 g/mol. The Morgan fingerprint density at radius 3 is 2.82 bits per heavy atom. The lowest BCUT2D eigenvalue weighted by Gasteiger charge is -2.06. The predicted octanol–water partition coefficient (Wildman–Crippen LogP) is 3.51. The number of rotatable bonds is 8. The molecule has 0 radical (unpaired) electrons. The Morgan fingerprint density at radius 1 is 1.18 bits per heavy atom. The molecule has 13 heteroatoms. The minimum absolute atomic E-state index is 0.0403. The lowest BCUT2D eigenvalue weighted by atomic mass is 10.2. The van der Waals surface area contributed by atoms with Gasteiger partial charge in [-0.1, -0.05) is 23.7 Å². The Labute approximate surface area is 190 Å². The standard InChI is InChI=1S/C20H15ClFN7O4/c21-14-3-1-2-13(8-14)10-28-11-23-20(26-28)24-19(30)16-6-7-27(25-16)12-33-18-9-15(22)4-5-17(18)29(31)32/h1-9,11H,10,12H2,(H,24,26,30). The van der Waals surface area contributed by atoms with E-state index in [2.05, 4.69) is 20.5 Å². The first-order chi connectivity index (χ1) is 15.9. The number of ether oxygens (including phenoxy) is 1. The van der Waals surface area contributed by atoms with Crippen LogP contribution in [0.25, 0.3) is 0 Å². The van der Waals surface area contributed by atoms with Crippen LogP contribution in [0.4, 0.5) is 16.0 Å². The first kappa shape index (κ1) is 21.9. The van der Waals surface area contributed by atoms with Gasteiger partial charge < -0.3 is 4.74 Å². The van der Waals surface area contributed by atoms with Gasteiger partial charge in [0, 0.05) is 23.4 Å². The maximum Gasteiger partial charge on any atom is 0.311 e. The van der Waals surface area contributed by atoms with Gasteiger partial charge in [-0.25, -0.2) is 18.7 Å². The Bertz CT molecular complexity index is 1320. The topological polar surface area (TPSA) is 130 Å². The van der Waals surface area contributed by atoms with Crippen LogP contribution in [0.5, 0.6) is 5.75 Å². The number of amides is 1. The van der Waals surface area contributed by atoms with Gasteiger partial charge in [0.25, 0.3) is 5.91 Å². The summed E-state index contributed by atoms with van der Waals surface area (Å²) in [6.45, 7) is 0.145. The number of nitrogens with zero attached hydrogens (tertiary/aromatic N) is 6. The highest BCUT2D eigenvalue weighted by molar-refractivity contribution is 6.30. The van der Waals surface area contributed by atoms with E-state index in [1.165, 1.54) is 23.3 Å². The predicted molar refractivity (Wildman–Crippen MR) is 114 cm³/mol. The van der Waals surface area contributed by atoms with E-state index in [9.17, 15) is 19.3 Å². The molecule has 0 aliphatic rings. The van der Waals surface area contributed by atoms with Crippen LogP contribution in [0, 0.1) is 15.9 Å². The Morgan fingerprint density at radius 2 is 2.03 bits per heavy atom. The first-order valence-electron chi connectivity index (χ1n) is 9.43. The number of aromatic nitrogens is 5. The van der Waals surface area contributed by atoms with Gasteiger partial charge in [0.05, 0.1) is 11.5 Å². The Hall–Kier alpha value is -4.32.